The summed E-state index contributed by atoms with van der Waals surface area (Å²) in [6, 6.07) is 28.3. The summed E-state index contributed by atoms with van der Waals surface area (Å²) in [5.41, 5.74) is 1.86. The van der Waals surface area contributed by atoms with Crippen LogP contribution in [0.2, 0.25) is 0 Å². The molecule has 5 heteroatoms. The minimum absolute atomic E-state index is 0.0775. The first-order chi connectivity index (χ1) is 15.6. The SMILES string of the molecule is N#CC1(C#N)[C@@H](c2ccccc2)[C@H](C(=O)c2ccccc2I)N2c3ccccc3C=C[C@@H]21. The van der Waals surface area contributed by atoms with Crippen molar-refractivity contribution in [2.24, 2.45) is 5.41 Å². The van der Waals surface area contributed by atoms with E-state index < -0.39 is 23.4 Å². The van der Waals surface area contributed by atoms with Crippen LogP contribution in [-0.2, 0) is 0 Å². The number of carbonyl (C=O) groups excluding carboxylic acids is 1. The Labute approximate surface area is 200 Å². The van der Waals surface area contributed by atoms with Gasteiger partial charge in [0.25, 0.3) is 0 Å². The van der Waals surface area contributed by atoms with E-state index in [4.69, 9.17) is 0 Å². The lowest BCUT2D eigenvalue weighted by Crippen LogP contribution is -2.44. The molecule has 1 saturated heterocycles. The largest absolute Gasteiger partial charge is 0.351 e. The van der Waals surface area contributed by atoms with Crippen LogP contribution in [0, 0.1) is 31.6 Å². The van der Waals surface area contributed by atoms with Gasteiger partial charge in [-0.15, -0.1) is 0 Å². The predicted molar refractivity (Wildman–Crippen MR) is 132 cm³/mol. The molecule has 0 saturated carbocycles. The molecule has 2 aliphatic rings. The van der Waals surface area contributed by atoms with Gasteiger partial charge in [0.2, 0.25) is 0 Å². The van der Waals surface area contributed by atoms with Gasteiger partial charge in [0.05, 0.1) is 18.2 Å². The van der Waals surface area contributed by atoms with Gasteiger partial charge in [-0.05, 0) is 45.9 Å². The molecule has 3 aromatic rings. The molecule has 0 N–H and O–H groups in total. The number of nitrogens with zero attached hydrogens (tertiary/aromatic N) is 3. The third-order valence-corrected chi connectivity index (χ3v) is 7.42. The van der Waals surface area contributed by atoms with E-state index in [1.165, 1.54) is 0 Å². The van der Waals surface area contributed by atoms with Crippen LogP contribution in [0.4, 0.5) is 5.69 Å². The van der Waals surface area contributed by atoms with Crippen molar-refractivity contribution >= 4 is 40.1 Å². The lowest BCUT2D eigenvalue weighted by Gasteiger charge is -2.35. The number of rotatable bonds is 3. The van der Waals surface area contributed by atoms with Gasteiger partial charge in [-0.2, -0.15) is 10.5 Å². The molecule has 5 rings (SSSR count). The number of Topliss-reactive ketones (excluding diaryl/α,β-unsaturated/α-hetero) is 1. The molecule has 0 aliphatic carbocycles. The first-order valence-corrected chi connectivity index (χ1v) is 11.4. The summed E-state index contributed by atoms with van der Waals surface area (Å²) in [7, 11) is 0. The van der Waals surface area contributed by atoms with E-state index in [2.05, 4.69) is 34.7 Å². The topological polar surface area (TPSA) is 67.9 Å². The van der Waals surface area contributed by atoms with Crippen LogP contribution in [0.3, 0.4) is 0 Å². The van der Waals surface area contributed by atoms with E-state index in [9.17, 15) is 15.3 Å². The van der Waals surface area contributed by atoms with Crippen molar-refractivity contribution in [3.63, 3.8) is 0 Å². The van der Waals surface area contributed by atoms with Crippen molar-refractivity contribution in [3.05, 3.63) is 105 Å². The summed E-state index contributed by atoms with van der Waals surface area (Å²) in [6.07, 6.45) is 3.87. The van der Waals surface area contributed by atoms with Crippen LogP contribution in [-0.4, -0.2) is 17.9 Å². The van der Waals surface area contributed by atoms with Crippen molar-refractivity contribution in [2.45, 2.75) is 18.0 Å². The molecule has 0 unspecified atom stereocenters. The summed E-state index contributed by atoms with van der Waals surface area (Å²) in [5, 5.41) is 20.8. The van der Waals surface area contributed by atoms with Gasteiger partial charge in [-0.1, -0.05) is 78.9 Å². The minimum Gasteiger partial charge on any atom is -0.351 e. The van der Waals surface area contributed by atoms with Crippen molar-refractivity contribution in [3.8, 4) is 12.1 Å². The fourth-order valence-electron chi connectivity index (χ4n) is 5.09. The molecule has 154 valence electrons. The minimum atomic E-state index is -1.41. The van der Waals surface area contributed by atoms with Crippen LogP contribution in [0.5, 0.6) is 0 Å². The third-order valence-electron chi connectivity index (χ3n) is 6.48. The molecule has 0 spiro atoms. The maximum Gasteiger partial charge on any atom is 0.187 e. The van der Waals surface area contributed by atoms with Gasteiger partial charge in [0.15, 0.2) is 11.2 Å². The Morgan fingerprint density at radius 3 is 2.28 bits per heavy atom. The Kier molecular flexibility index (Phi) is 5.07. The fraction of sp³-hybridized carbons (Fsp3) is 0.148. The molecule has 3 atom stereocenters. The lowest BCUT2D eigenvalue weighted by atomic mass is 9.69. The van der Waals surface area contributed by atoms with E-state index in [0.29, 0.717) is 5.56 Å². The van der Waals surface area contributed by atoms with Gasteiger partial charge in [-0.3, -0.25) is 4.79 Å². The lowest BCUT2D eigenvalue weighted by molar-refractivity contribution is 0.0950. The molecular formula is C27H18IN3O. The number of nitriles is 2. The average Bonchev–Trinajstić information content (AvgIpc) is 3.15. The smallest absolute Gasteiger partial charge is 0.187 e. The zero-order valence-corrected chi connectivity index (χ0v) is 19.2. The Morgan fingerprint density at radius 2 is 1.56 bits per heavy atom. The average molecular weight is 527 g/mol. The van der Waals surface area contributed by atoms with Crippen molar-refractivity contribution in [1.82, 2.24) is 0 Å². The highest BCUT2D eigenvalue weighted by molar-refractivity contribution is 14.1. The Hall–Kier alpha value is -3.42. The number of benzene rings is 3. The highest BCUT2D eigenvalue weighted by Crippen LogP contribution is 2.55. The van der Waals surface area contributed by atoms with Gasteiger partial charge in [-0.25, -0.2) is 0 Å². The van der Waals surface area contributed by atoms with Crippen LogP contribution >= 0.6 is 22.6 Å². The van der Waals surface area contributed by atoms with Crippen LogP contribution < -0.4 is 4.90 Å². The molecule has 0 radical (unpaired) electrons. The number of ketones is 1. The number of anilines is 1. The molecule has 0 aromatic heterocycles. The highest BCUT2D eigenvalue weighted by atomic mass is 127. The number of halogens is 1. The second kappa shape index (κ2) is 7.93. The molecule has 3 aromatic carbocycles. The number of hydrogen-bond acceptors (Lipinski definition) is 4. The second-order valence-electron chi connectivity index (χ2n) is 8.04. The summed E-state index contributed by atoms with van der Waals surface area (Å²) < 4.78 is 0.853. The Morgan fingerprint density at radius 1 is 0.906 bits per heavy atom. The van der Waals surface area contributed by atoms with Gasteiger partial charge >= 0.3 is 0 Å². The molecule has 4 nitrogen and oxygen atoms in total. The number of carbonyl (C=O) groups is 1. The van der Waals surface area contributed by atoms with Crippen LogP contribution in [0.1, 0.15) is 27.4 Å². The number of hydrogen-bond donors (Lipinski definition) is 0. The van der Waals surface area contributed by atoms with E-state index in [-0.39, 0.29) is 5.78 Å². The van der Waals surface area contributed by atoms with Crippen LogP contribution in [0.15, 0.2) is 84.9 Å². The van der Waals surface area contributed by atoms with Gasteiger partial charge in [0, 0.05) is 20.7 Å². The molecular weight excluding hydrogens is 509 g/mol. The molecule has 0 amide bonds. The highest BCUT2D eigenvalue weighted by Gasteiger charge is 2.63. The summed E-state index contributed by atoms with van der Waals surface area (Å²) >= 11 is 2.18. The first-order valence-electron chi connectivity index (χ1n) is 10.3. The number of para-hydroxylation sites is 1. The van der Waals surface area contributed by atoms with Gasteiger partial charge in [0.1, 0.15) is 6.04 Å². The van der Waals surface area contributed by atoms with Gasteiger partial charge < -0.3 is 4.90 Å². The molecule has 1 fully saturated rings. The van der Waals surface area contributed by atoms with Crippen molar-refractivity contribution < 1.29 is 4.79 Å². The third kappa shape index (κ3) is 2.89. The van der Waals surface area contributed by atoms with E-state index in [0.717, 1.165) is 20.4 Å². The van der Waals surface area contributed by atoms with Crippen LogP contribution in [0.25, 0.3) is 6.08 Å². The van der Waals surface area contributed by atoms with E-state index in [1.54, 1.807) is 0 Å². The Bertz CT molecular complexity index is 1300. The summed E-state index contributed by atoms with van der Waals surface area (Å²) in [5.74, 6) is -0.686. The van der Waals surface area contributed by atoms with E-state index >= 15 is 0 Å². The summed E-state index contributed by atoms with van der Waals surface area (Å²) in [6.45, 7) is 0. The first kappa shape index (κ1) is 20.5. The zero-order chi connectivity index (χ0) is 22.3. The monoisotopic (exact) mass is 527 g/mol. The maximum atomic E-state index is 14.1. The van der Waals surface area contributed by atoms with Crippen molar-refractivity contribution in [2.75, 3.05) is 4.90 Å². The molecule has 2 aliphatic heterocycles. The zero-order valence-electron chi connectivity index (χ0n) is 17.0. The van der Waals surface area contributed by atoms with E-state index in [1.807, 2.05) is 95.9 Å². The standard InChI is InChI=1S/C27H18IN3O/c28-21-12-6-5-11-20(21)26(32)25-24(19-9-2-1-3-10-19)27(16-29,17-30)23-15-14-18-8-4-7-13-22(18)31(23)25/h1-15,23-25H/t23-,24+,25-/m1/s1. The molecule has 2 heterocycles. The normalized spacial score (nSPS) is 22.3. The predicted octanol–water partition coefficient (Wildman–Crippen LogP) is 5.58. The maximum absolute atomic E-state index is 14.1. The van der Waals surface area contributed by atoms with Crippen molar-refractivity contribution in [1.29, 1.82) is 10.5 Å². The quantitative estimate of drug-likeness (QED) is 0.330. The summed E-state index contributed by atoms with van der Waals surface area (Å²) in [4.78, 5) is 16.2. The Balaban J connectivity index is 1.80. The second-order valence-corrected chi connectivity index (χ2v) is 9.20. The molecule has 32 heavy (non-hydrogen) atoms. The fourth-order valence-corrected chi connectivity index (χ4v) is 5.74. The molecule has 0 bridgehead atoms. The number of fused-ring (bicyclic) bond motifs is 3.